The number of nitrogens with zero attached hydrogens (tertiary/aromatic N) is 2. The zero-order valence-electron chi connectivity index (χ0n) is 17.9. The maximum atomic E-state index is 13.6. The van der Waals surface area contributed by atoms with Crippen LogP contribution in [0.2, 0.25) is 0 Å². The number of unbranched alkanes of at least 4 members (excludes halogenated alkanes) is 1. The van der Waals surface area contributed by atoms with Crippen LogP contribution in [0.3, 0.4) is 0 Å². The van der Waals surface area contributed by atoms with Gasteiger partial charge in [0.1, 0.15) is 21.4 Å². The lowest BCUT2D eigenvalue weighted by Gasteiger charge is -2.19. The molecule has 4 rings (SSSR count). The smallest absolute Gasteiger partial charge is 0.262 e. The Morgan fingerprint density at radius 2 is 1.84 bits per heavy atom. The van der Waals surface area contributed by atoms with Crippen molar-refractivity contribution in [1.29, 1.82) is 0 Å². The zero-order valence-corrected chi connectivity index (χ0v) is 18.7. The Morgan fingerprint density at radius 1 is 1.12 bits per heavy atom. The van der Waals surface area contributed by atoms with Crippen LogP contribution >= 0.6 is 0 Å². The Kier molecular flexibility index (Phi) is 6.01. The van der Waals surface area contributed by atoms with Crippen molar-refractivity contribution >= 4 is 21.4 Å². The molecule has 168 valence electrons. The van der Waals surface area contributed by atoms with Crippen LogP contribution in [0.25, 0.3) is 22.4 Å². The third kappa shape index (κ3) is 4.83. The second kappa shape index (κ2) is 8.74. The summed E-state index contributed by atoms with van der Waals surface area (Å²) >= 11 is 0. The van der Waals surface area contributed by atoms with Crippen LogP contribution in [0.4, 0.5) is 10.1 Å². The van der Waals surface area contributed by atoms with Gasteiger partial charge >= 0.3 is 0 Å². The first-order chi connectivity index (χ1) is 15.2. The van der Waals surface area contributed by atoms with Gasteiger partial charge in [0.2, 0.25) is 0 Å². The average Bonchev–Trinajstić information content (AvgIpc) is 3.06. The Balaban J connectivity index is 1.75. The molecular weight excluding hydrogens is 433 g/mol. The number of anilines is 1. The SMILES string of the molecule is Cc1nn(CCCCS(C)(=O)=O)c(-c2ccc(F)cc2)c1-c1ccc2c(c1)NC(=O)CO2. The fraction of sp³-hybridized carbons (Fsp3) is 0.304. The molecule has 7 nitrogen and oxygen atoms in total. The van der Waals surface area contributed by atoms with Crippen molar-refractivity contribution in [1.82, 2.24) is 9.78 Å². The lowest BCUT2D eigenvalue weighted by molar-refractivity contribution is -0.118. The van der Waals surface area contributed by atoms with Crippen molar-refractivity contribution < 1.29 is 22.3 Å². The molecule has 0 atom stereocenters. The van der Waals surface area contributed by atoms with Gasteiger partial charge in [-0.15, -0.1) is 0 Å². The molecule has 2 heterocycles. The molecule has 1 aliphatic rings. The highest BCUT2D eigenvalue weighted by Gasteiger charge is 2.22. The lowest BCUT2D eigenvalue weighted by atomic mass is 9.98. The molecule has 0 fully saturated rings. The first-order valence-electron chi connectivity index (χ1n) is 10.3. The number of aromatic nitrogens is 2. The molecule has 0 bridgehead atoms. The van der Waals surface area contributed by atoms with Gasteiger partial charge in [-0.25, -0.2) is 12.8 Å². The quantitative estimate of drug-likeness (QED) is 0.545. The number of amides is 1. The maximum absolute atomic E-state index is 13.6. The topological polar surface area (TPSA) is 90.3 Å². The van der Waals surface area contributed by atoms with E-state index in [1.165, 1.54) is 18.4 Å². The summed E-state index contributed by atoms with van der Waals surface area (Å²) in [5, 5.41) is 7.52. The number of ether oxygens (including phenoxy) is 1. The van der Waals surface area contributed by atoms with Gasteiger partial charge in [-0.2, -0.15) is 5.10 Å². The van der Waals surface area contributed by atoms with E-state index in [-0.39, 0.29) is 24.1 Å². The molecule has 0 aliphatic carbocycles. The van der Waals surface area contributed by atoms with E-state index in [1.807, 2.05) is 23.7 Å². The molecule has 2 aromatic carbocycles. The van der Waals surface area contributed by atoms with Gasteiger partial charge in [-0.05, 0) is 61.7 Å². The summed E-state index contributed by atoms with van der Waals surface area (Å²) in [4.78, 5) is 11.8. The van der Waals surface area contributed by atoms with Crippen molar-refractivity contribution in [2.24, 2.45) is 0 Å². The number of carbonyl (C=O) groups excluding carboxylic acids is 1. The second-order valence-electron chi connectivity index (χ2n) is 7.92. The van der Waals surface area contributed by atoms with Crippen molar-refractivity contribution in [3.8, 4) is 28.1 Å². The number of nitrogens with one attached hydrogen (secondary N) is 1. The fourth-order valence-electron chi connectivity index (χ4n) is 3.85. The highest BCUT2D eigenvalue weighted by atomic mass is 32.2. The van der Waals surface area contributed by atoms with E-state index in [2.05, 4.69) is 5.32 Å². The van der Waals surface area contributed by atoms with Crippen molar-refractivity contribution in [2.45, 2.75) is 26.3 Å². The summed E-state index contributed by atoms with van der Waals surface area (Å²) in [6.45, 7) is 2.40. The third-order valence-corrected chi connectivity index (χ3v) is 6.31. The van der Waals surface area contributed by atoms with Gasteiger partial charge in [0.05, 0.1) is 17.1 Å². The number of rotatable bonds is 7. The van der Waals surface area contributed by atoms with Crippen LogP contribution in [-0.2, 0) is 21.2 Å². The van der Waals surface area contributed by atoms with E-state index < -0.39 is 9.84 Å². The van der Waals surface area contributed by atoms with E-state index in [4.69, 9.17) is 9.84 Å². The predicted octanol–water partition coefficient (Wildman–Crippen LogP) is 3.82. The minimum atomic E-state index is -3.02. The van der Waals surface area contributed by atoms with Gasteiger partial charge in [-0.3, -0.25) is 9.48 Å². The lowest BCUT2D eigenvalue weighted by Crippen LogP contribution is -2.25. The summed E-state index contributed by atoms with van der Waals surface area (Å²) in [5.41, 5.74) is 4.67. The van der Waals surface area contributed by atoms with Crippen molar-refractivity contribution in [3.63, 3.8) is 0 Å². The molecule has 0 saturated heterocycles. The summed E-state index contributed by atoms with van der Waals surface area (Å²) in [6.07, 6.45) is 2.39. The van der Waals surface area contributed by atoms with Crippen LogP contribution in [0, 0.1) is 12.7 Å². The average molecular weight is 458 g/mol. The standard InChI is InChI=1S/C23H24FN3O4S/c1-15-22(17-7-10-20-19(13-17)25-21(28)14-31-20)23(16-5-8-18(24)9-6-16)27(26-15)11-3-4-12-32(2,29)30/h5-10,13H,3-4,11-12,14H2,1-2H3,(H,25,28). The van der Waals surface area contributed by atoms with Crippen molar-refractivity contribution in [3.05, 3.63) is 54.0 Å². The van der Waals surface area contributed by atoms with E-state index in [0.29, 0.717) is 30.8 Å². The van der Waals surface area contributed by atoms with E-state index in [9.17, 15) is 17.6 Å². The molecule has 1 amide bonds. The number of benzene rings is 2. The molecule has 1 N–H and O–H groups in total. The largest absolute Gasteiger partial charge is 0.482 e. The molecule has 3 aromatic rings. The summed E-state index contributed by atoms with van der Waals surface area (Å²) in [7, 11) is -3.02. The monoisotopic (exact) mass is 457 g/mol. The van der Waals surface area contributed by atoms with Crippen molar-refractivity contribution in [2.75, 3.05) is 23.9 Å². The van der Waals surface area contributed by atoms with Gasteiger partial charge < -0.3 is 10.1 Å². The molecule has 0 radical (unpaired) electrons. The van der Waals surface area contributed by atoms with E-state index >= 15 is 0 Å². The third-order valence-electron chi connectivity index (χ3n) is 5.28. The maximum Gasteiger partial charge on any atom is 0.262 e. The Hall–Kier alpha value is -3.20. The minimum absolute atomic E-state index is 0.0163. The summed E-state index contributed by atoms with van der Waals surface area (Å²) in [6, 6.07) is 11.8. The second-order valence-corrected chi connectivity index (χ2v) is 10.2. The molecule has 0 unspecified atom stereocenters. The molecular formula is C23H24FN3O4S. The fourth-order valence-corrected chi connectivity index (χ4v) is 4.58. The van der Waals surface area contributed by atoms with Crippen LogP contribution in [0.15, 0.2) is 42.5 Å². The van der Waals surface area contributed by atoms with Crippen LogP contribution < -0.4 is 10.1 Å². The first kappa shape index (κ1) is 22.0. The number of fused-ring (bicyclic) bond motifs is 1. The van der Waals surface area contributed by atoms with Gasteiger partial charge in [0, 0.05) is 29.7 Å². The number of hydrogen-bond donors (Lipinski definition) is 1. The van der Waals surface area contributed by atoms with Gasteiger partial charge in [0.25, 0.3) is 5.91 Å². The zero-order chi connectivity index (χ0) is 22.9. The minimum Gasteiger partial charge on any atom is -0.482 e. The molecule has 0 saturated carbocycles. The molecule has 1 aliphatic heterocycles. The van der Waals surface area contributed by atoms with E-state index in [0.717, 1.165) is 28.1 Å². The molecule has 32 heavy (non-hydrogen) atoms. The normalized spacial score (nSPS) is 13.4. The molecule has 0 spiro atoms. The molecule has 9 heteroatoms. The Bertz CT molecular complexity index is 1270. The highest BCUT2D eigenvalue weighted by molar-refractivity contribution is 7.90. The number of hydrogen-bond acceptors (Lipinski definition) is 5. The molecule has 1 aromatic heterocycles. The number of sulfone groups is 1. The highest BCUT2D eigenvalue weighted by Crippen LogP contribution is 2.39. The van der Waals surface area contributed by atoms with Gasteiger partial charge in [-0.1, -0.05) is 6.07 Å². The number of halogens is 1. The van der Waals surface area contributed by atoms with Crippen LogP contribution in [0.1, 0.15) is 18.5 Å². The number of carbonyl (C=O) groups is 1. The predicted molar refractivity (Wildman–Crippen MR) is 121 cm³/mol. The summed E-state index contributed by atoms with van der Waals surface area (Å²) < 4.78 is 43.8. The van der Waals surface area contributed by atoms with Crippen LogP contribution in [-0.4, -0.2) is 42.7 Å². The van der Waals surface area contributed by atoms with E-state index in [1.54, 1.807) is 18.2 Å². The first-order valence-corrected chi connectivity index (χ1v) is 12.4. The van der Waals surface area contributed by atoms with Crippen LogP contribution in [0.5, 0.6) is 5.75 Å². The Labute approximate surface area is 186 Å². The summed E-state index contributed by atoms with van der Waals surface area (Å²) in [5.74, 6) is 0.172. The van der Waals surface area contributed by atoms with Gasteiger partial charge in [0.15, 0.2) is 6.61 Å². The Morgan fingerprint density at radius 3 is 2.56 bits per heavy atom. The number of aryl methyl sites for hydroxylation is 2.